The van der Waals surface area contributed by atoms with Crippen LogP contribution in [-0.4, -0.2) is 36.6 Å². The second kappa shape index (κ2) is 6.41. The van der Waals surface area contributed by atoms with E-state index >= 15 is 0 Å². The van der Waals surface area contributed by atoms with Gasteiger partial charge in [-0.1, -0.05) is 35.1 Å². The lowest BCUT2D eigenvalue weighted by Crippen LogP contribution is -2.40. The highest BCUT2D eigenvalue weighted by Gasteiger charge is 2.28. The van der Waals surface area contributed by atoms with Crippen LogP contribution >= 0.6 is 28.1 Å². The molecule has 0 radical (unpaired) electrons. The summed E-state index contributed by atoms with van der Waals surface area (Å²) in [6.45, 7) is 5.63. The maximum Gasteiger partial charge on any atom is 0.106 e. The Balaban J connectivity index is 2.07. The predicted molar refractivity (Wildman–Crippen MR) is 93.4 cm³/mol. The zero-order chi connectivity index (χ0) is 14.8. The Morgan fingerprint density at radius 3 is 2.70 bits per heavy atom. The molecule has 0 aliphatic carbocycles. The summed E-state index contributed by atoms with van der Waals surface area (Å²) in [5.41, 5.74) is 8.07. The van der Waals surface area contributed by atoms with Gasteiger partial charge in [-0.25, -0.2) is 0 Å². The molecule has 1 fully saturated rings. The van der Waals surface area contributed by atoms with Gasteiger partial charge in [-0.05, 0) is 56.6 Å². The van der Waals surface area contributed by atoms with Crippen LogP contribution in [-0.2, 0) is 0 Å². The molecule has 20 heavy (non-hydrogen) atoms. The molecule has 0 spiro atoms. The number of anilines is 1. The second-order valence-electron chi connectivity index (χ2n) is 6.02. The molecule has 3 N–H and O–H groups in total. The average molecular weight is 356 g/mol. The molecule has 0 atom stereocenters. The SMILES string of the molecule is CN1CCC(C)(CNc2cc(Br)ccc2C(N)=S)CC1. The van der Waals surface area contributed by atoms with Crippen molar-refractivity contribution in [3.05, 3.63) is 28.2 Å². The van der Waals surface area contributed by atoms with Crippen molar-refractivity contribution in [1.29, 1.82) is 0 Å². The third-order valence-corrected chi connectivity index (χ3v) is 4.86. The van der Waals surface area contributed by atoms with E-state index in [2.05, 4.69) is 40.1 Å². The summed E-state index contributed by atoms with van der Waals surface area (Å²) in [7, 11) is 2.19. The van der Waals surface area contributed by atoms with E-state index in [4.69, 9.17) is 18.0 Å². The van der Waals surface area contributed by atoms with Crippen molar-refractivity contribution in [2.75, 3.05) is 32.0 Å². The lowest BCUT2D eigenvalue weighted by atomic mass is 9.80. The first-order valence-electron chi connectivity index (χ1n) is 6.91. The highest BCUT2D eigenvalue weighted by atomic mass is 79.9. The van der Waals surface area contributed by atoms with Crippen molar-refractivity contribution in [3.8, 4) is 0 Å². The number of thiocarbonyl (C=S) groups is 1. The topological polar surface area (TPSA) is 41.3 Å². The van der Waals surface area contributed by atoms with Gasteiger partial charge in [0, 0.05) is 22.3 Å². The minimum Gasteiger partial charge on any atom is -0.389 e. The van der Waals surface area contributed by atoms with Crippen molar-refractivity contribution in [1.82, 2.24) is 4.90 Å². The van der Waals surface area contributed by atoms with E-state index in [1.165, 1.54) is 25.9 Å². The Morgan fingerprint density at radius 2 is 2.10 bits per heavy atom. The van der Waals surface area contributed by atoms with Gasteiger partial charge in [0.1, 0.15) is 4.99 Å². The van der Waals surface area contributed by atoms with Gasteiger partial charge >= 0.3 is 0 Å². The van der Waals surface area contributed by atoms with Crippen molar-refractivity contribution in [3.63, 3.8) is 0 Å². The summed E-state index contributed by atoms with van der Waals surface area (Å²) in [4.78, 5) is 2.83. The minimum absolute atomic E-state index is 0.336. The molecule has 0 saturated carbocycles. The van der Waals surface area contributed by atoms with Crippen molar-refractivity contribution < 1.29 is 0 Å². The van der Waals surface area contributed by atoms with Crippen LogP contribution in [0.25, 0.3) is 0 Å². The zero-order valence-corrected chi connectivity index (χ0v) is 14.5. The molecular formula is C15H22BrN3S. The van der Waals surface area contributed by atoms with Crippen LogP contribution < -0.4 is 11.1 Å². The van der Waals surface area contributed by atoms with Crippen LogP contribution in [0.4, 0.5) is 5.69 Å². The molecule has 2 rings (SSSR count). The molecule has 5 heteroatoms. The molecule has 1 aromatic rings. The fourth-order valence-electron chi connectivity index (χ4n) is 2.52. The lowest BCUT2D eigenvalue weighted by molar-refractivity contribution is 0.150. The fraction of sp³-hybridized carbons (Fsp3) is 0.533. The first-order chi connectivity index (χ1) is 9.39. The van der Waals surface area contributed by atoms with E-state index < -0.39 is 0 Å². The maximum absolute atomic E-state index is 5.79. The van der Waals surface area contributed by atoms with Gasteiger partial charge in [0.2, 0.25) is 0 Å². The van der Waals surface area contributed by atoms with Crippen molar-refractivity contribution in [2.24, 2.45) is 11.1 Å². The molecule has 1 heterocycles. The largest absolute Gasteiger partial charge is 0.389 e. The average Bonchev–Trinajstić information content (AvgIpc) is 2.40. The predicted octanol–water partition coefficient (Wildman–Crippen LogP) is 3.23. The number of benzene rings is 1. The summed E-state index contributed by atoms with van der Waals surface area (Å²) in [6, 6.07) is 5.98. The van der Waals surface area contributed by atoms with E-state index in [-0.39, 0.29) is 0 Å². The van der Waals surface area contributed by atoms with Crippen molar-refractivity contribution >= 4 is 38.8 Å². The number of nitrogens with zero attached hydrogens (tertiary/aromatic N) is 1. The molecule has 0 amide bonds. The van der Waals surface area contributed by atoms with Gasteiger partial charge in [-0.3, -0.25) is 0 Å². The Morgan fingerprint density at radius 1 is 1.45 bits per heavy atom. The van der Waals surface area contributed by atoms with Gasteiger partial charge < -0.3 is 16.0 Å². The van der Waals surface area contributed by atoms with Gasteiger partial charge in [0.05, 0.1) is 0 Å². The Bertz CT molecular complexity index is 496. The number of nitrogens with two attached hydrogens (primary N) is 1. The highest BCUT2D eigenvalue weighted by molar-refractivity contribution is 9.10. The molecule has 110 valence electrons. The molecule has 1 aromatic carbocycles. The maximum atomic E-state index is 5.79. The van der Waals surface area contributed by atoms with Gasteiger partial charge in [0.15, 0.2) is 0 Å². The number of piperidine rings is 1. The molecule has 1 saturated heterocycles. The molecule has 1 aliphatic heterocycles. The summed E-state index contributed by atoms with van der Waals surface area (Å²) in [6.07, 6.45) is 2.43. The van der Waals surface area contributed by atoms with Crippen LogP contribution in [0.3, 0.4) is 0 Å². The smallest absolute Gasteiger partial charge is 0.106 e. The highest BCUT2D eigenvalue weighted by Crippen LogP contribution is 2.31. The first-order valence-corrected chi connectivity index (χ1v) is 8.11. The molecule has 1 aliphatic rings. The van der Waals surface area contributed by atoms with Gasteiger partial charge in [-0.15, -0.1) is 0 Å². The Kier molecular flexibility index (Phi) is 5.04. The summed E-state index contributed by atoms with van der Waals surface area (Å²) >= 11 is 8.62. The zero-order valence-electron chi connectivity index (χ0n) is 12.1. The van der Waals surface area contributed by atoms with Crippen LogP contribution in [0.15, 0.2) is 22.7 Å². The van der Waals surface area contributed by atoms with Gasteiger partial charge in [-0.2, -0.15) is 0 Å². The number of hydrogen-bond donors (Lipinski definition) is 2. The van der Waals surface area contributed by atoms with Crippen LogP contribution in [0.5, 0.6) is 0 Å². The summed E-state index contributed by atoms with van der Waals surface area (Å²) in [5.74, 6) is 0. The number of rotatable bonds is 4. The number of likely N-dealkylation sites (tertiary alicyclic amines) is 1. The number of halogens is 1. The number of hydrogen-bond acceptors (Lipinski definition) is 3. The molecule has 0 unspecified atom stereocenters. The summed E-state index contributed by atoms with van der Waals surface area (Å²) in [5, 5.41) is 3.54. The molecule has 0 aromatic heterocycles. The lowest BCUT2D eigenvalue weighted by Gasteiger charge is -2.38. The van der Waals surface area contributed by atoms with Crippen LogP contribution in [0.2, 0.25) is 0 Å². The van der Waals surface area contributed by atoms with Crippen LogP contribution in [0, 0.1) is 5.41 Å². The van der Waals surface area contributed by atoms with Crippen LogP contribution in [0.1, 0.15) is 25.3 Å². The number of nitrogens with one attached hydrogen (secondary N) is 1. The van der Waals surface area contributed by atoms with E-state index in [1.807, 2.05) is 18.2 Å². The first kappa shape index (κ1) is 15.7. The summed E-state index contributed by atoms with van der Waals surface area (Å²) < 4.78 is 1.04. The van der Waals surface area contributed by atoms with E-state index in [9.17, 15) is 0 Å². The van der Waals surface area contributed by atoms with E-state index in [0.717, 1.165) is 22.3 Å². The second-order valence-corrected chi connectivity index (χ2v) is 7.38. The Labute approximate surface area is 135 Å². The molecule has 3 nitrogen and oxygen atoms in total. The van der Waals surface area contributed by atoms with E-state index in [1.54, 1.807) is 0 Å². The van der Waals surface area contributed by atoms with E-state index in [0.29, 0.717) is 10.4 Å². The monoisotopic (exact) mass is 355 g/mol. The normalized spacial score (nSPS) is 18.8. The molecular weight excluding hydrogens is 334 g/mol. The van der Waals surface area contributed by atoms with Gasteiger partial charge in [0.25, 0.3) is 0 Å². The third kappa shape index (κ3) is 3.93. The Hall–Kier alpha value is -0.650. The third-order valence-electron chi connectivity index (χ3n) is 4.15. The fourth-order valence-corrected chi connectivity index (χ4v) is 3.06. The van der Waals surface area contributed by atoms with Crippen molar-refractivity contribution in [2.45, 2.75) is 19.8 Å². The standard InChI is InChI=1S/C15H22BrN3S/c1-15(5-7-19(2)8-6-15)10-18-13-9-11(16)3-4-12(13)14(17)20/h3-4,9,18H,5-8,10H2,1-2H3,(H2,17,20). The molecule has 0 bridgehead atoms. The minimum atomic E-state index is 0.336. The quantitative estimate of drug-likeness (QED) is 0.813.